The van der Waals surface area contributed by atoms with Crippen LogP contribution in [0.1, 0.15) is 24.3 Å². The van der Waals surface area contributed by atoms with Crippen LogP contribution < -0.4 is 11.1 Å². The van der Waals surface area contributed by atoms with Crippen molar-refractivity contribution in [2.45, 2.75) is 26.0 Å². The van der Waals surface area contributed by atoms with Gasteiger partial charge in [0.15, 0.2) is 0 Å². The molecule has 6 heteroatoms. The average Bonchev–Trinajstić information content (AvgIpc) is 2.75. The molecule has 1 aromatic rings. The van der Waals surface area contributed by atoms with Crippen LogP contribution in [0.4, 0.5) is 0 Å². The zero-order valence-corrected chi connectivity index (χ0v) is 10.6. The maximum atomic E-state index is 11.8. The Kier molecular flexibility index (Phi) is 4.65. The molecule has 0 aliphatic heterocycles. The first kappa shape index (κ1) is 13.7. The molecule has 17 heavy (non-hydrogen) atoms. The van der Waals surface area contributed by atoms with Gasteiger partial charge in [-0.2, -0.15) is 0 Å². The molecule has 0 bridgehead atoms. The second kappa shape index (κ2) is 5.79. The molecule has 0 atom stereocenters. The highest BCUT2D eigenvalue weighted by Crippen LogP contribution is 2.05. The summed E-state index contributed by atoms with van der Waals surface area (Å²) in [7, 11) is 1.61. The van der Waals surface area contributed by atoms with Gasteiger partial charge in [-0.15, -0.1) is 0 Å². The number of nitrogens with zero attached hydrogens (tertiary/aromatic N) is 2. The number of aromatic nitrogens is 2. The predicted octanol–water partition coefficient (Wildman–Crippen LogP) is -0.00340. The first-order valence-corrected chi connectivity index (χ1v) is 5.53. The lowest BCUT2D eigenvalue weighted by molar-refractivity contribution is 0.0228. The summed E-state index contributed by atoms with van der Waals surface area (Å²) < 4.78 is 7.00. The summed E-state index contributed by atoms with van der Waals surface area (Å²) in [6, 6.07) is 0. The van der Waals surface area contributed by atoms with Gasteiger partial charge in [-0.05, 0) is 13.8 Å². The van der Waals surface area contributed by atoms with Crippen LogP contribution in [0.5, 0.6) is 0 Å². The van der Waals surface area contributed by atoms with Crippen molar-refractivity contribution in [3.63, 3.8) is 0 Å². The number of carbonyl (C=O) groups excluding carboxylic acids is 1. The number of nitrogens with one attached hydrogen (secondary N) is 1. The first-order valence-electron chi connectivity index (χ1n) is 5.53. The molecule has 1 heterocycles. The van der Waals surface area contributed by atoms with Crippen LogP contribution in [0.15, 0.2) is 12.5 Å². The summed E-state index contributed by atoms with van der Waals surface area (Å²) in [4.78, 5) is 15.8. The Bertz CT molecular complexity index is 373. The van der Waals surface area contributed by atoms with Gasteiger partial charge in [-0.25, -0.2) is 4.98 Å². The fourth-order valence-corrected chi connectivity index (χ4v) is 1.20. The van der Waals surface area contributed by atoms with Crippen LogP contribution in [0.3, 0.4) is 0 Å². The van der Waals surface area contributed by atoms with E-state index in [1.807, 2.05) is 13.8 Å². The van der Waals surface area contributed by atoms with E-state index in [1.165, 1.54) is 0 Å². The van der Waals surface area contributed by atoms with E-state index in [2.05, 4.69) is 10.3 Å². The average molecular weight is 240 g/mol. The Morgan fingerprint density at radius 2 is 2.35 bits per heavy atom. The smallest absolute Gasteiger partial charge is 0.271 e. The third kappa shape index (κ3) is 4.16. The van der Waals surface area contributed by atoms with E-state index >= 15 is 0 Å². The van der Waals surface area contributed by atoms with E-state index in [4.69, 9.17) is 10.5 Å². The Hall–Kier alpha value is -1.40. The molecular weight excluding hydrogens is 220 g/mol. The minimum absolute atomic E-state index is 0.203. The molecular formula is C11H20N4O2. The molecule has 96 valence electrons. The second-order valence-electron chi connectivity index (χ2n) is 4.43. The highest BCUT2D eigenvalue weighted by molar-refractivity contribution is 5.92. The Morgan fingerprint density at radius 3 is 2.94 bits per heavy atom. The second-order valence-corrected chi connectivity index (χ2v) is 4.43. The van der Waals surface area contributed by atoms with Gasteiger partial charge in [0, 0.05) is 32.9 Å². The maximum Gasteiger partial charge on any atom is 0.271 e. The molecule has 1 aromatic heterocycles. The first-order chi connectivity index (χ1) is 7.98. The minimum Gasteiger partial charge on any atom is -0.377 e. The van der Waals surface area contributed by atoms with E-state index in [1.54, 1.807) is 24.2 Å². The summed E-state index contributed by atoms with van der Waals surface area (Å²) >= 11 is 0. The van der Waals surface area contributed by atoms with Crippen LogP contribution in [0.2, 0.25) is 0 Å². The highest BCUT2D eigenvalue weighted by Gasteiger charge is 2.18. The van der Waals surface area contributed by atoms with E-state index in [0.717, 1.165) is 0 Å². The third-order valence-corrected chi connectivity index (χ3v) is 2.48. The van der Waals surface area contributed by atoms with Gasteiger partial charge >= 0.3 is 0 Å². The molecule has 3 N–H and O–H groups in total. The van der Waals surface area contributed by atoms with Crippen LogP contribution in [-0.4, -0.2) is 41.3 Å². The number of carbonyl (C=O) groups is 1. The van der Waals surface area contributed by atoms with Crippen molar-refractivity contribution in [1.29, 1.82) is 0 Å². The number of rotatable bonds is 6. The number of nitrogens with two attached hydrogens (primary N) is 1. The van der Waals surface area contributed by atoms with Gasteiger partial charge in [0.05, 0.1) is 11.9 Å². The van der Waals surface area contributed by atoms with Crippen molar-refractivity contribution in [2.75, 3.05) is 20.2 Å². The Labute approximate surface area is 101 Å². The van der Waals surface area contributed by atoms with Gasteiger partial charge in [0.1, 0.15) is 5.69 Å². The fraction of sp³-hybridized carbons (Fsp3) is 0.636. The summed E-state index contributed by atoms with van der Waals surface area (Å²) in [6.07, 6.45) is 3.28. The number of ether oxygens (including phenoxy) is 1. The quantitative estimate of drug-likeness (QED) is 0.733. The zero-order valence-electron chi connectivity index (χ0n) is 10.6. The molecule has 6 nitrogen and oxygen atoms in total. The van der Waals surface area contributed by atoms with Crippen LogP contribution >= 0.6 is 0 Å². The van der Waals surface area contributed by atoms with Crippen molar-refractivity contribution < 1.29 is 9.53 Å². The summed E-state index contributed by atoms with van der Waals surface area (Å²) in [5, 5.41) is 2.77. The minimum atomic E-state index is -0.379. The lowest BCUT2D eigenvalue weighted by Crippen LogP contribution is -2.39. The molecule has 0 aliphatic rings. The molecule has 0 spiro atoms. The fourth-order valence-electron chi connectivity index (χ4n) is 1.20. The SMILES string of the molecule is COC(C)(C)CNC(=O)c1cn(CCN)cn1. The number of imidazole rings is 1. The summed E-state index contributed by atoms with van der Waals surface area (Å²) in [6.45, 7) is 5.42. The predicted molar refractivity (Wildman–Crippen MR) is 64.7 cm³/mol. The molecule has 1 amide bonds. The van der Waals surface area contributed by atoms with E-state index < -0.39 is 0 Å². The maximum absolute atomic E-state index is 11.8. The standard InChI is InChI=1S/C11H20N4O2/c1-11(2,17-3)7-13-10(16)9-6-15(5-4-12)8-14-9/h6,8H,4-5,7,12H2,1-3H3,(H,13,16). The Balaban J connectivity index is 2.52. The van der Waals surface area contributed by atoms with Crippen LogP contribution in [0, 0.1) is 0 Å². The number of amides is 1. The van der Waals surface area contributed by atoms with Crippen molar-refractivity contribution in [3.05, 3.63) is 18.2 Å². The van der Waals surface area contributed by atoms with Crippen molar-refractivity contribution in [1.82, 2.24) is 14.9 Å². The lowest BCUT2D eigenvalue weighted by Gasteiger charge is -2.22. The van der Waals surface area contributed by atoms with Crippen LogP contribution in [-0.2, 0) is 11.3 Å². The summed E-state index contributed by atoms with van der Waals surface area (Å²) in [5.41, 5.74) is 5.43. The molecule has 0 radical (unpaired) electrons. The lowest BCUT2D eigenvalue weighted by atomic mass is 10.1. The van der Waals surface area contributed by atoms with Crippen molar-refractivity contribution in [3.8, 4) is 0 Å². The van der Waals surface area contributed by atoms with Gasteiger partial charge in [0.2, 0.25) is 0 Å². The molecule has 0 saturated heterocycles. The number of hydrogen-bond donors (Lipinski definition) is 2. The molecule has 0 fully saturated rings. The largest absolute Gasteiger partial charge is 0.377 e. The van der Waals surface area contributed by atoms with E-state index in [9.17, 15) is 4.79 Å². The molecule has 0 aromatic carbocycles. The van der Waals surface area contributed by atoms with Gasteiger partial charge in [0.25, 0.3) is 5.91 Å². The molecule has 0 aliphatic carbocycles. The topological polar surface area (TPSA) is 82.2 Å². The van der Waals surface area contributed by atoms with Crippen LogP contribution in [0.25, 0.3) is 0 Å². The normalized spacial score (nSPS) is 11.5. The number of methoxy groups -OCH3 is 1. The zero-order chi connectivity index (χ0) is 12.9. The van der Waals surface area contributed by atoms with E-state index in [0.29, 0.717) is 25.3 Å². The molecule has 0 unspecified atom stereocenters. The molecule has 1 rings (SSSR count). The monoisotopic (exact) mass is 240 g/mol. The van der Waals surface area contributed by atoms with Gasteiger partial charge in [-0.1, -0.05) is 0 Å². The third-order valence-electron chi connectivity index (χ3n) is 2.48. The highest BCUT2D eigenvalue weighted by atomic mass is 16.5. The van der Waals surface area contributed by atoms with E-state index in [-0.39, 0.29) is 11.5 Å². The number of hydrogen-bond acceptors (Lipinski definition) is 4. The molecule has 0 saturated carbocycles. The Morgan fingerprint density at radius 1 is 1.65 bits per heavy atom. The summed E-state index contributed by atoms with van der Waals surface area (Å²) in [5.74, 6) is -0.203. The van der Waals surface area contributed by atoms with Gasteiger partial charge in [-0.3, -0.25) is 4.79 Å². The van der Waals surface area contributed by atoms with Crippen molar-refractivity contribution in [2.24, 2.45) is 5.73 Å². The van der Waals surface area contributed by atoms with Gasteiger partial charge < -0.3 is 20.4 Å². The van der Waals surface area contributed by atoms with Crippen molar-refractivity contribution >= 4 is 5.91 Å².